The molecule has 17 heavy (non-hydrogen) atoms. The van der Waals surface area contributed by atoms with E-state index in [9.17, 15) is 14.7 Å². The van der Waals surface area contributed by atoms with Gasteiger partial charge in [0, 0.05) is 0 Å². The van der Waals surface area contributed by atoms with Crippen LogP contribution in [0.1, 0.15) is 41.5 Å². The first-order valence-electron chi connectivity index (χ1n) is 6.11. The molecule has 0 aromatic heterocycles. The number of carbonyl (C=O) groups is 2. The Morgan fingerprint density at radius 1 is 0.882 bits per heavy atom. The molecule has 2 atom stereocenters. The third-order valence-corrected chi connectivity index (χ3v) is 2.73. The molecule has 0 amide bonds. The van der Waals surface area contributed by atoms with Gasteiger partial charge in [0.2, 0.25) is 0 Å². The quantitative estimate of drug-likeness (QED) is 0.729. The van der Waals surface area contributed by atoms with Crippen molar-refractivity contribution in [3.8, 4) is 0 Å². The smallest absolute Gasteiger partial charge is 0.310 e. The van der Waals surface area contributed by atoms with Gasteiger partial charge in [-0.25, -0.2) is 0 Å². The zero-order valence-electron chi connectivity index (χ0n) is 11.6. The SMILES string of the molecule is CC(C)OC(=O)[C@H](C(C)C)[C@@H](C(=O)O)C(C)C. The van der Waals surface area contributed by atoms with Crippen LogP contribution in [-0.2, 0) is 14.3 Å². The molecule has 0 bridgehead atoms. The summed E-state index contributed by atoms with van der Waals surface area (Å²) in [6.45, 7) is 10.9. The van der Waals surface area contributed by atoms with Crippen molar-refractivity contribution in [2.24, 2.45) is 23.7 Å². The molecular weight excluding hydrogens is 220 g/mol. The molecule has 0 rings (SSSR count). The van der Waals surface area contributed by atoms with Gasteiger partial charge in [0.1, 0.15) is 0 Å². The number of carboxylic acids is 1. The summed E-state index contributed by atoms with van der Waals surface area (Å²) in [6, 6.07) is 0. The highest BCUT2D eigenvalue weighted by Gasteiger charge is 2.39. The standard InChI is InChI=1S/C13H24O4/c1-7(2)10(12(14)15)11(8(3)4)13(16)17-9(5)6/h7-11H,1-6H3,(H,14,15)/t10-,11+/m0/s1. The Morgan fingerprint density at radius 2 is 1.29 bits per heavy atom. The lowest BCUT2D eigenvalue weighted by atomic mass is 9.77. The number of esters is 1. The summed E-state index contributed by atoms with van der Waals surface area (Å²) in [6.07, 6.45) is -0.217. The Morgan fingerprint density at radius 3 is 1.53 bits per heavy atom. The Labute approximate surface area is 103 Å². The number of hydrogen-bond acceptors (Lipinski definition) is 3. The van der Waals surface area contributed by atoms with Gasteiger partial charge < -0.3 is 9.84 Å². The van der Waals surface area contributed by atoms with Crippen molar-refractivity contribution in [2.75, 3.05) is 0 Å². The molecule has 1 N–H and O–H groups in total. The first-order chi connectivity index (χ1) is 7.68. The molecule has 0 fully saturated rings. The maximum atomic E-state index is 12.0. The summed E-state index contributed by atoms with van der Waals surface area (Å²) >= 11 is 0. The molecule has 0 saturated heterocycles. The van der Waals surface area contributed by atoms with E-state index in [0.717, 1.165) is 0 Å². The second-order valence-corrected chi connectivity index (χ2v) is 5.36. The van der Waals surface area contributed by atoms with E-state index in [-0.39, 0.29) is 17.9 Å². The minimum absolute atomic E-state index is 0.0512. The van der Waals surface area contributed by atoms with Crippen LogP contribution in [0.15, 0.2) is 0 Å². The molecule has 0 aliphatic heterocycles. The molecule has 0 saturated carbocycles. The molecule has 0 unspecified atom stereocenters. The molecule has 4 heteroatoms. The largest absolute Gasteiger partial charge is 0.481 e. The highest BCUT2D eigenvalue weighted by atomic mass is 16.5. The van der Waals surface area contributed by atoms with Crippen LogP contribution in [0, 0.1) is 23.7 Å². The molecule has 0 heterocycles. The Kier molecular flexibility index (Phi) is 6.21. The summed E-state index contributed by atoms with van der Waals surface area (Å²) in [5, 5.41) is 9.24. The van der Waals surface area contributed by atoms with Gasteiger partial charge in [-0.3, -0.25) is 9.59 Å². The monoisotopic (exact) mass is 244 g/mol. The predicted molar refractivity (Wildman–Crippen MR) is 65.5 cm³/mol. The van der Waals surface area contributed by atoms with Crippen LogP contribution < -0.4 is 0 Å². The van der Waals surface area contributed by atoms with Crippen molar-refractivity contribution in [1.82, 2.24) is 0 Å². The Bertz CT molecular complexity index is 269. The van der Waals surface area contributed by atoms with E-state index >= 15 is 0 Å². The molecule has 0 aliphatic carbocycles. The Hall–Kier alpha value is -1.06. The van der Waals surface area contributed by atoms with Gasteiger partial charge in [0.05, 0.1) is 17.9 Å². The number of carboxylic acid groups (broad SMARTS) is 1. The molecule has 0 aliphatic rings. The van der Waals surface area contributed by atoms with Crippen molar-refractivity contribution in [3.05, 3.63) is 0 Å². The molecule has 4 nitrogen and oxygen atoms in total. The predicted octanol–water partition coefficient (Wildman–Crippen LogP) is 2.57. The van der Waals surface area contributed by atoms with Crippen molar-refractivity contribution in [3.63, 3.8) is 0 Å². The van der Waals surface area contributed by atoms with Gasteiger partial charge in [0.15, 0.2) is 0 Å². The maximum Gasteiger partial charge on any atom is 0.310 e. The summed E-state index contributed by atoms with van der Waals surface area (Å²) in [5.41, 5.74) is 0. The van der Waals surface area contributed by atoms with E-state index in [4.69, 9.17) is 4.74 Å². The highest BCUT2D eigenvalue weighted by Crippen LogP contribution is 2.29. The van der Waals surface area contributed by atoms with E-state index in [2.05, 4.69) is 0 Å². The number of carbonyl (C=O) groups excluding carboxylic acids is 1. The number of ether oxygens (including phenoxy) is 1. The van der Waals surface area contributed by atoms with Crippen LogP contribution in [-0.4, -0.2) is 23.1 Å². The maximum absolute atomic E-state index is 12.0. The first kappa shape index (κ1) is 15.9. The molecular formula is C13H24O4. The second-order valence-electron chi connectivity index (χ2n) is 5.36. The fraction of sp³-hybridized carbons (Fsp3) is 0.846. The summed E-state index contributed by atoms with van der Waals surface area (Å²) in [4.78, 5) is 23.2. The topological polar surface area (TPSA) is 63.6 Å². The lowest BCUT2D eigenvalue weighted by Gasteiger charge is -2.28. The van der Waals surface area contributed by atoms with E-state index in [0.29, 0.717) is 0 Å². The van der Waals surface area contributed by atoms with E-state index in [1.54, 1.807) is 13.8 Å². The fourth-order valence-electron chi connectivity index (χ4n) is 2.00. The molecule has 0 aromatic carbocycles. The van der Waals surface area contributed by atoms with Gasteiger partial charge in [-0.2, -0.15) is 0 Å². The molecule has 0 spiro atoms. The number of hydrogen-bond donors (Lipinski definition) is 1. The molecule has 0 aromatic rings. The second kappa shape index (κ2) is 6.62. The Balaban J connectivity index is 5.06. The van der Waals surface area contributed by atoms with Gasteiger partial charge in [-0.15, -0.1) is 0 Å². The lowest BCUT2D eigenvalue weighted by Crippen LogP contribution is -2.38. The molecule has 100 valence electrons. The van der Waals surface area contributed by atoms with Crippen molar-refractivity contribution >= 4 is 11.9 Å². The van der Waals surface area contributed by atoms with Gasteiger partial charge in [-0.05, 0) is 25.7 Å². The minimum Gasteiger partial charge on any atom is -0.481 e. The average molecular weight is 244 g/mol. The number of aliphatic carboxylic acids is 1. The summed E-state index contributed by atoms with van der Waals surface area (Å²) in [5.74, 6) is -2.77. The zero-order valence-corrected chi connectivity index (χ0v) is 11.6. The van der Waals surface area contributed by atoms with E-state index in [1.807, 2.05) is 27.7 Å². The van der Waals surface area contributed by atoms with Crippen LogP contribution in [0.5, 0.6) is 0 Å². The zero-order chi connectivity index (χ0) is 13.7. The van der Waals surface area contributed by atoms with Crippen LogP contribution in [0.4, 0.5) is 0 Å². The van der Waals surface area contributed by atoms with E-state index < -0.39 is 23.8 Å². The highest BCUT2D eigenvalue weighted by molar-refractivity contribution is 5.81. The van der Waals surface area contributed by atoms with Crippen molar-refractivity contribution in [1.29, 1.82) is 0 Å². The molecule has 0 radical (unpaired) electrons. The fourth-order valence-corrected chi connectivity index (χ4v) is 2.00. The third kappa shape index (κ3) is 4.75. The third-order valence-electron chi connectivity index (χ3n) is 2.73. The van der Waals surface area contributed by atoms with Crippen LogP contribution in [0.3, 0.4) is 0 Å². The summed E-state index contributed by atoms with van der Waals surface area (Å²) in [7, 11) is 0. The van der Waals surface area contributed by atoms with E-state index in [1.165, 1.54) is 0 Å². The van der Waals surface area contributed by atoms with Gasteiger partial charge >= 0.3 is 11.9 Å². The average Bonchev–Trinajstić information content (AvgIpc) is 2.10. The lowest BCUT2D eigenvalue weighted by molar-refractivity contribution is -0.164. The van der Waals surface area contributed by atoms with Crippen LogP contribution in [0.25, 0.3) is 0 Å². The van der Waals surface area contributed by atoms with Crippen LogP contribution >= 0.6 is 0 Å². The van der Waals surface area contributed by atoms with Gasteiger partial charge in [-0.1, -0.05) is 27.7 Å². The number of rotatable bonds is 6. The van der Waals surface area contributed by atoms with Crippen LogP contribution in [0.2, 0.25) is 0 Å². The van der Waals surface area contributed by atoms with Gasteiger partial charge in [0.25, 0.3) is 0 Å². The van der Waals surface area contributed by atoms with Crippen molar-refractivity contribution < 1.29 is 19.4 Å². The first-order valence-corrected chi connectivity index (χ1v) is 6.11. The summed E-state index contributed by atoms with van der Waals surface area (Å²) < 4.78 is 5.15. The minimum atomic E-state index is -0.931. The normalized spacial score (nSPS) is 15.1. The van der Waals surface area contributed by atoms with Crippen molar-refractivity contribution in [2.45, 2.75) is 47.6 Å².